The lowest BCUT2D eigenvalue weighted by Gasteiger charge is -2.22. The molecule has 0 aliphatic rings. The van der Waals surface area contributed by atoms with Crippen molar-refractivity contribution in [2.45, 2.75) is 84.9 Å². The third-order valence-corrected chi connectivity index (χ3v) is 6.20. The summed E-state index contributed by atoms with van der Waals surface area (Å²) in [5.74, 6) is -4.03. The van der Waals surface area contributed by atoms with Gasteiger partial charge >= 0.3 is 11.9 Å². The lowest BCUT2D eigenvalue weighted by atomic mass is 9.89. The van der Waals surface area contributed by atoms with Gasteiger partial charge in [-0.15, -0.1) is 0 Å². The first kappa shape index (κ1) is 34.4. The van der Waals surface area contributed by atoms with Crippen molar-refractivity contribution in [3.05, 3.63) is 59.3 Å². The highest BCUT2D eigenvalue weighted by Crippen LogP contribution is 2.23. The molecule has 7 N–H and O–H groups in total. The summed E-state index contributed by atoms with van der Waals surface area (Å²) in [6, 6.07) is 0. The SMILES string of the molecule is C/C=C(\C)C[C@H](/C=C(\C)[C@@H](O)[C@@H](C)/C=C(\C)[C@H](O)[C@@H](C)/C=C/[C@H](O)C/C=C/[C@H](O)[C@H](O)C(=O)O)C(=O)O. The number of hydrogen-bond acceptors (Lipinski definition) is 7. The predicted octanol–water partition coefficient (Wildman–Crippen LogP) is 2.60. The van der Waals surface area contributed by atoms with E-state index < -0.39 is 48.4 Å². The van der Waals surface area contributed by atoms with E-state index in [0.29, 0.717) is 17.6 Å². The molecule has 0 bridgehead atoms. The number of allylic oxidation sites excluding steroid dienone is 2. The number of carbonyl (C=O) groups is 2. The van der Waals surface area contributed by atoms with Crippen LogP contribution in [-0.2, 0) is 9.59 Å². The van der Waals surface area contributed by atoms with Crippen molar-refractivity contribution in [2.24, 2.45) is 17.8 Å². The molecule has 0 spiro atoms. The van der Waals surface area contributed by atoms with Gasteiger partial charge in [-0.05, 0) is 51.7 Å². The summed E-state index contributed by atoms with van der Waals surface area (Å²) in [5, 5.41) is 68.3. The number of rotatable bonds is 16. The average Bonchev–Trinajstić information content (AvgIpc) is 2.84. The summed E-state index contributed by atoms with van der Waals surface area (Å²) < 4.78 is 0. The molecule has 210 valence electrons. The number of carboxylic acids is 2. The maximum absolute atomic E-state index is 11.6. The summed E-state index contributed by atoms with van der Waals surface area (Å²) in [6.07, 6.45) is 4.80. The Hall–Kier alpha value is -2.56. The van der Waals surface area contributed by atoms with Crippen LogP contribution < -0.4 is 0 Å². The molecule has 0 heterocycles. The molecule has 8 atom stereocenters. The van der Waals surface area contributed by atoms with Crippen LogP contribution in [0.1, 0.15) is 54.4 Å². The molecule has 0 aliphatic carbocycles. The van der Waals surface area contributed by atoms with E-state index >= 15 is 0 Å². The minimum atomic E-state index is -1.95. The summed E-state index contributed by atoms with van der Waals surface area (Å²) in [5.41, 5.74) is 2.08. The second-order valence-electron chi connectivity index (χ2n) is 9.60. The van der Waals surface area contributed by atoms with Crippen LogP contribution in [0.3, 0.4) is 0 Å². The largest absolute Gasteiger partial charge is 0.481 e. The first-order chi connectivity index (χ1) is 17.1. The molecule has 0 radical (unpaired) electrons. The van der Waals surface area contributed by atoms with Gasteiger partial charge in [0.25, 0.3) is 0 Å². The molecule has 0 rings (SSSR count). The lowest BCUT2D eigenvalue weighted by molar-refractivity contribution is -0.151. The molecule has 9 nitrogen and oxygen atoms in total. The fourth-order valence-electron chi connectivity index (χ4n) is 3.63. The maximum atomic E-state index is 11.6. The van der Waals surface area contributed by atoms with E-state index in [4.69, 9.17) is 5.11 Å². The van der Waals surface area contributed by atoms with E-state index in [2.05, 4.69) is 0 Å². The number of carboxylic acid groups (broad SMARTS) is 2. The molecule has 0 saturated heterocycles. The molecule has 0 aromatic heterocycles. The minimum absolute atomic E-state index is 0.0667. The van der Waals surface area contributed by atoms with E-state index in [1.54, 1.807) is 45.9 Å². The van der Waals surface area contributed by atoms with Crippen LogP contribution in [-0.4, -0.2) is 78.2 Å². The minimum Gasteiger partial charge on any atom is -0.481 e. The van der Waals surface area contributed by atoms with E-state index in [1.807, 2.05) is 19.9 Å². The molecular weight excluding hydrogens is 480 g/mol. The quantitative estimate of drug-likeness (QED) is 0.150. The molecule has 0 unspecified atom stereocenters. The van der Waals surface area contributed by atoms with Crippen molar-refractivity contribution in [1.82, 2.24) is 0 Å². The van der Waals surface area contributed by atoms with Gasteiger partial charge in [-0.1, -0.05) is 62.0 Å². The Labute approximate surface area is 219 Å². The fourth-order valence-corrected chi connectivity index (χ4v) is 3.63. The Morgan fingerprint density at radius 2 is 1.27 bits per heavy atom. The van der Waals surface area contributed by atoms with Gasteiger partial charge in [-0.2, -0.15) is 0 Å². The standard InChI is InChI=1S/C28H44O9/c1-7-16(2)13-21(27(34)35)15-20(6)25(32)19(5)14-18(4)24(31)17(3)11-12-22(29)9-8-10-23(30)26(33)28(36)37/h7-8,10-12,14-15,17,19,21-26,29-33H,9,13H2,1-6H3,(H,34,35)(H,36,37)/b10-8+,12-11+,16-7+,18-14+,20-15+/t17-,19-,21+,22+,23-,24+,25-,26-/m0/s1. The molecule has 9 heteroatoms. The summed E-state index contributed by atoms with van der Waals surface area (Å²) in [4.78, 5) is 22.2. The zero-order valence-corrected chi connectivity index (χ0v) is 22.5. The van der Waals surface area contributed by atoms with Crippen molar-refractivity contribution >= 4 is 11.9 Å². The average molecular weight is 525 g/mol. The Bertz CT molecular complexity index is 884. The fraction of sp³-hybridized carbons (Fsp3) is 0.571. The van der Waals surface area contributed by atoms with Crippen molar-refractivity contribution in [3.63, 3.8) is 0 Å². The zero-order valence-electron chi connectivity index (χ0n) is 22.5. The zero-order chi connectivity index (χ0) is 28.9. The third kappa shape index (κ3) is 13.0. The first-order valence-corrected chi connectivity index (χ1v) is 12.3. The van der Waals surface area contributed by atoms with E-state index in [-0.39, 0.29) is 18.3 Å². The molecule has 0 aliphatic heterocycles. The Kier molecular flexibility index (Phi) is 15.9. The second kappa shape index (κ2) is 17.0. The van der Waals surface area contributed by atoms with Crippen LogP contribution in [0, 0.1) is 17.8 Å². The lowest BCUT2D eigenvalue weighted by Crippen LogP contribution is -2.32. The van der Waals surface area contributed by atoms with Gasteiger partial charge in [0.15, 0.2) is 6.10 Å². The van der Waals surface area contributed by atoms with Gasteiger partial charge in [0.1, 0.15) is 6.10 Å². The third-order valence-electron chi connectivity index (χ3n) is 6.20. The van der Waals surface area contributed by atoms with Gasteiger partial charge in [0.05, 0.1) is 24.2 Å². The van der Waals surface area contributed by atoms with Crippen LogP contribution in [0.15, 0.2) is 59.3 Å². The predicted molar refractivity (Wildman–Crippen MR) is 142 cm³/mol. The van der Waals surface area contributed by atoms with Crippen molar-refractivity contribution in [2.75, 3.05) is 0 Å². The summed E-state index contributed by atoms with van der Waals surface area (Å²) in [6.45, 7) is 10.6. The van der Waals surface area contributed by atoms with Gasteiger partial charge in [-0.3, -0.25) is 4.79 Å². The van der Waals surface area contributed by atoms with Gasteiger partial charge in [0, 0.05) is 11.8 Å². The number of aliphatic hydroxyl groups excluding tert-OH is 5. The molecule has 37 heavy (non-hydrogen) atoms. The highest BCUT2D eigenvalue weighted by molar-refractivity contribution is 5.73. The van der Waals surface area contributed by atoms with E-state index in [0.717, 1.165) is 11.6 Å². The van der Waals surface area contributed by atoms with Gasteiger partial charge in [-0.25, -0.2) is 4.79 Å². The molecule has 0 aromatic carbocycles. The smallest absolute Gasteiger partial charge is 0.335 e. The molecular formula is C28H44O9. The molecule has 0 amide bonds. The first-order valence-electron chi connectivity index (χ1n) is 12.3. The Balaban J connectivity index is 5.15. The highest BCUT2D eigenvalue weighted by Gasteiger charge is 2.22. The van der Waals surface area contributed by atoms with Crippen molar-refractivity contribution in [1.29, 1.82) is 0 Å². The Morgan fingerprint density at radius 3 is 1.78 bits per heavy atom. The van der Waals surface area contributed by atoms with Gasteiger partial charge < -0.3 is 35.7 Å². The van der Waals surface area contributed by atoms with Crippen molar-refractivity contribution < 1.29 is 45.3 Å². The van der Waals surface area contributed by atoms with Crippen LogP contribution in [0.4, 0.5) is 0 Å². The van der Waals surface area contributed by atoms with Gasteiger partial charge in [0.2, 0.25) is 0 Å². The monoisotopic (exact) mass is 524 g/mol. The highest BCUT2D eigenvalue weighted by atomic mass is 16.4. The summed E-state index contributed by atoms with van der Waals surface area (Å²) >= 11 is 0. The van der Waals surface area contributed by atoms with Crippen LogP contribution in [0.5, 0.6) is 0 Å². The van der Waals surface area contributed by atoms with E-state index in [1.165, 1.54) is 12.2 Å². The Morgan fingerprint density at radius 1 is 0.730 bits per heavy atom. The van der Waals surface area contributed by atoms with Crippen LogP contribution in [0.2, 0.25) is 0 Å². The topological polar surface area (TPSA) is 176 Å². The normalized spacial score (nSPS) is 20.4. The number of hydrogen-bond donors (Lipinski definition) is 7. The van der Waals surface area contributed by atoms with Crippen LogP contribution >= 0.6 is 0 Å². The summed E-state index contributed by atoms with van der Waals surface area (Å²) in [7, 11) is 0. The van der Waals surface area contributed by atoms with E-state index in [9.17, 15) is 40.2 Å². The number of aliphatic carboxylic acids is 2. The number of aliphatic hydroxyl groups is 5. The van der Waals surface area contributed by atoms with Crippen LogP contribution in [0.25, 0.3) is 0 Å². The van der Waals surface area contributed by atoms with Crippen molar-refractivity contribution in [3.8, 4) is 0 Å². The molecule has 0 fully saturated rings. The maximum Gasteiger partial charge on any atom is 0.335 e. The second-order valence-corrected chi connectivity index (χ2v) is 9.60. The molecule has 0 aromatic rings. The molecule has 0 saturated carbocycles.